The van der Waals surface area contributed by atoms with Crippen molar-refractivity contribution in [1.29, 1.82) is 0 Å². The molecule has 4 aromatic rings. The van der Waals surface area contributed by atoms with Gasteiger partial charge in [0.15, 0.2) is 4.21 Å². The monoisotopic (exact) mass is 438 g/mol. The van der Waals surface area contributed by atoms with Crippen molar-refractivity contribution in [2.24, 2.45) is 0 Å². The van der Waals surface area contributed by atoms with Gasteiger partial charge in [0.05, 0.1) is 40.3 Å². The molecule has 1 aromatic carbocycles. The third-order valence-electron chi connectivity index (χ3n) is 4.98. The molecule has 5 rings (SSSR count). The fourth-order valence-corrected chi connectivity index (χ4v) is 6.56. The van der Waals surface area contributed by atoms with Gasteiger partial charge < -0.3 is 5.32 Å². The Hall–Kier alpha value is -2.95. The van der Waals surface area contributed by atoms with E-state index in [9.17, 15) is 8.42 Å². The minimum atomic E-state index is -3.65. The maximum atomic E-state index is 13.2. The third kappa shape index (κ3) is 3.22. The zero-order valence-corrected chi connectivity index (χ0v) is 18.0. The SMILES string of the molecule is Cc1nc(C)c(S(=O)(=O)N2Cc3ncnc(Nc4cnc5ccccc5c4)c3C2)s1. The van der Waals surface area contributed by atoms with Crippen molar-refractivity contribution in [3.63, 3.8) is 0 Å². The predicted octanol–water partition coefficient (Wildman–Crippen LogP) is 3.55. The summed E-state index contributed by atoms with van der Waals surface area (Å²) in [5, 5.41) is 5.02. The lowest BCUT2D eigenvalue weighted by atomic mass is 10.2. The molecule has 1 aliphatic rings. The molecule has 0 atom stereocenters. The van der Waals surface area contributed by atoms with Crippen LogP contribution in [0.3, 0.4) is 0 Å². The smallest absolute Gasteiger partial charge is 0.255 e. The number of thiazole rings is 1. The summed E-state index contributed by atoms with van der Waals surface area (Å²) in [6.07, 6.45) is 3.19. The Labute approximate surface area is 177 Å². The number of anilines is 2. The molecular weight excluding hydrogens is 420 g/mol. The lowest BCUT2D eigenvalue weighted by Gasteiger charge is -2.14. The Morgan fingerprint density at radius 2 is 1.93 bits per heavy atom. The second-order valence-electron chi connectivity index (χ2n) is 7.07. The number of aryl methyl sites for hydroxylation is 2. The van der Waals surface area contributed by atoms with Crippen molar-refractivity contribution in [2.75, 3.05) is 5.32 Å². The van der Waals surface area contributed by atoms with Crippen LogP contribution in [0.1, 0.15) is 22.0 Å². The number of para-hydroxylation sites is 1. The quantitative estimate of drug-likeness (QED) is 0.520. The molecular formula is C20H18N6O2S2. The van der Waals surface area contributed by atoms with E-state index >= 15 is 0 Å². The molecule has 0 fully saturated rings. The largest absolute Gasteiger partial charge is 0.339 e. The van der Waals surface area contributed by atoms with Crippen LogP contribution < -0.4 is 5.32 Å². The van der Waals surface area contributed by atoms with E-state index in [1.54, 1.807) is 20.0 Å². The van der Waals surface area contributed by atoms with E-state index in [4.69, 9.17) is 0 Å². The first kappa shape index (κ1) is 19.0. The number of sulfonamides is 1. The van der Waals surface area contributed by atoms with Crippen LogP contribution in [-0.2, 0) is 23.1 Å². The molecule has 10 heteroatoms. The van der Waals surface area contributed by atoms with E-state index < -0.39 is 10.0 Å². The molecule has 0 amide bonds. The van der Waals surface area contributed by atoms with E-state index in [0.29, 0.717) is 17.2 Å². The Kier molecular flexibility index (Phi) is 4.49. The maximum Gasteiger partial charge on any atom is 0.255 e. The van der Waals surface area contributed by atoms with Crippen LogP contribution in [0.4, 0.5) is 11.5 Å². The average Bonchev–Trinajstić information content (AvgIpc) is 3.32. The Bertz CT molecular complexity index is 1380. The number of nitrogens with zero attached hydrogens (tertiary/aromatic N) is 5. The van der Waals surface area contributed by atoms with E-state index in [0.717, 1.165) is 27.2 Å². The normalized spacial score (nSPS) is 14.2. The summed E-state index contributed by atoms with van der Waals surface area (Å²) in [6.45, 7) is 3.94. The molecule has 8 nitrogen and oxygen atoms in total. The zero-order valence-electron chi connectivity index (χ0n) is 16.3. The number of benzene rings is 1. The van der Waals surface area contributed by atoms with Crippen LogP contribution in [0.5, 0.6) is 0 Å². The van der Waals surface area contributed by atoms with Gasteiger partial charge in [-0.05, 0) is 26.0 Å². The molecule has 0 spiro atoms. The van der Waals surface area contributed by atoms with Crippen molar-refractivity contribution in [3.05, 3.63) is 64.8 Å². The molecule has 1 N–H and O–H groups in total. The number of rotatable bonds is 4. The van der Waals surface area contributed by atoms with E-state index in [1.165, 1.54) is 22.0 Å². The highest BCUT2D eigenvalue weighted by atomic mass is 32.2. The van der Waals surface area contributed by atoms with Crippen LogP contribution in [-0.4, -0.2) is 32.7 Å². The van der Waals surface area contributed by atoms with Gasteiger partial charge in [-0.2, -0.15) is 4.31 Å². The first-order chi connectivity index (χ1) is 14.4. The summed E-state index contributed by atoms with van der Waals surface area (Å²) < 4.78 is 28.1. The van der Waals surface area contributed by atoms with Crippen molar-refractivity contribution in [1.82, 2.24) is 24.2 Å². The van der Waals surface area contributed by atoms with Gasteiger partial charge in [-0.3, -0.25) is 4.98 Å². The van der Waals surface area contributed by atoms with E-state index in [-0.39, 0.29) is 17.3 Å². The van der Waals surface area contributed by atoms with Crippen LogP contribution in [0.15, 0.2) is 47.1 Å². The minimum absolute atomic E-state index is 0.207. The molecule has 0 bridgehead atoms. The summed E-state index contributed by atoms with van der Waals surface area (Å²) >= 11 is 1.19. The van der Waals surface area contributed by atoms with Gasteiger partial charge in [-0.1, -0.05) is 18.2 Å². The maximum absolute atomic E-state index is 13.2. The zero-order chi connectivity index (χ0) is 20.9. The highest BCUT2D eigenvalue weighted by Crippen LogP contribution is 2.34. The first-order valence-electron chi connectivity index (χ1n) is 9.30. The van der Waals surface area contributed by atoms with Crippen molar-refractivity contribution < 1.29 is 8.42 Å². The number of pyridine rings is 1. The highest BCUT2D eigenvalue weighted by Gasteiger charge is 2.35. The second kappa shape index (κ2) is 7.08. The topological polar surface area (TPSA) is 101 Å². The van der Waals surface area contributed by atoms with Gasteiger partial charge in [-0.15, -0.1) is 11.3 Å². The molecule has 0 saturated carbocycles. The molecule has 0 saturated heterocycles. The Morgan fingerprint density at radius 1 is 1.10 bits per heavy atom. The minimum Gasteiger partial charge on any atom is -0.339 e. The summed E-state index contributed by atoms with van der Waals surface area (Å²) in [4.78, 5) is 17.4. The van der Waals surface area contributed by atoms with Crippen LogP contribution in [0.25, 0.3) is 10.9 Å². The number of aromatic nitrogens is 4. The lowest BCUT2D eigenvalue weighted by molar-refractivity contribution is 0.431. The standard InChI is InChI=1S/C20H18N6O2S2/c1-12-20(29-13(2)24-12)30(27,28)26-9-16-18(10-26)22-11-23-19(16)25-15-7-14-5-3-4-6-17(14)21-8-15/h3-8,11H,9-10H2,1-2H3,(H,22,23,25). The molecule has 1 aliphatic heterocycles. The average molecular weight is 439 g/mol. The van der Waals surface area contributed by atoms with Gasteiger partial charge >= 0.3 is 0 Å². The number of hydrogen-bond acceptors (Lipinski definition) is 8. The molecule has 0 radical (unpaired) electrons. The van der Waals surface area contributed by atoms with Crippen LogP contribution in [0, 0.1) is 13.8 Å². The fraction of sp³-hybridized carbons (Fsp3) is 0.200. The molecule has 0 aliphatic carbocycles. The molecule has 152 valence electrons. The summed E-state index contributed by atoms with van der Waals surface area (Å²) in [5.41, 5.74) is 3.69. The van der Waals surface area contributed by atoms with Crippen LogP contribution in [0.2, 0.25) is 0 Å². The summed E-state index contributed by atoms with van der Waals surface area (Å²) in [5.74, 6) is 0.590. The highest BCUT2D eigenvalue weighted by molar-refractivity contribution is 7.91. The van der Waals surface area contributed by atoms with Gasteiger partial charge in [0.2, 0.25) is 0 Å². The van der Waals surface area contributed by atoms with Crippen LogP contribution >= 0.6 is 11.3 Å². The fourth-order valence-electron chi connectivity index (χ4n) is 3.57. The first-order valence-corrected chi connectivity index (χ1v) is 11.6. The van der Waals surface area contributed by atoms with Crippen molar-refractivity contribution in [3.8, 4) is 0 Å². The molecule has 30 heavy (non-hydrogen) atoms. The number of fused-ring (bicyclic) bond motifs is 2. The third-order valence-corrected chi connectivity index (χ3v) is 8.43. The van der Waals surface area contributed by atoms with Gasteiger partial charge in [0, 0.05) is 17.5 Å². The van der Waals surface area contributed by atoms with Crippen molar-refractivity contribution in [2.45, 2.75) is 31.1 Å². The Morgan fingerprint density at radius 3 is 2.73 bits per heavy atom. The van der Waals surface area contributed by atoms with E-state index in [1.807, 2.05) is 30.3 Å². The molecule has 0 unspecified atom stereocenters. The molecule has 3 aromatic heterocycles. The predicted molar refractivity (Wildman–Crippen MR) is 115 cm³/mol. The number of nitrogens with one attached hydrogen (secondary N) is 1. The summed E-state index contributed by atoms with van der Waals surface area (Å²) in [6, 6.07) is 9.84. The second-order valence-corrected chi connectivity index (χ2v) is 10.4. The number of hydrogen-bond donors (Lipinski definition) is 1. The van der Waals surface area contributed by atoms with Gasteiger partial charge in [0.1, 0.15) is 12.1 Å². The lowest BCUT2D eigenvalue weighted by Crippen LogP contribution is -2.25. The summed E-state index contributed by atoms with van der Waals surface area (Å²) in [7, 11) is -3.65. The molecule has 4 heterocycles. The van der Waals surface area contributed by atoms with Crippen molar-refractivity contribution >= 4 is 43.8 Å². The Balaban J connectivity index is 1.46. The van der Waals surface area contributed by atoms with Gasteiger partial charge in [0.25, 0.3) is 10.0 Å². The van der Waals surface area contributed by atoms with E-state index in [2.05, 4.69) is 25.3 Å². The van der Waals surface area contributed by atoms with Gasteiger partial charge in [-0.25, -0.2) is 23.4 Å².